The molecule has 168 valence electrons. The highest BCUT2D eigenvalue weighted by atomic mass is 35.5. The lowest BCUT2D eigenvalue weighted by atomic mass is 10.2. The number of halogens is 1. The minimum absolute atomic E-state index is 0.0695. The van der Waals surface area contributed by atoms with Gasteiger partial charge in [0, 0.05) is 10.7 Å². The molecule has 0 spiro atoms. The number of nitrogens with one attached hydrogen (secondary N) is 2. The van der Waals surface area contributed by atoms with E-state index in [1.807, 2.05) is 6.92 Å². The van der Waals surface area contributed by atoms with Crippen LogP contribution in [-0.2, 0) is 14.6 Å². The molecule has 2 aromatic carbocycles. The van der Waals surface area contributed by atoms with E-state index in [1.165, 1.54) is 24.3 Å². The zero-order chi connectivity index (χ0) is 23.3. The van der Waals surface area contributed by atoms with E-state index in [0.29, 0.717) is 22.9 Å². The third-order valence-corrected chi connectivity index (χ3v) is 7.71. The molecular formula is C21H20ClN3O5S2. The number of benzene rings is 2. The van der Waals surface area contributed by atoms with E-state index < -0.39 is 25.5 Å². The second kappa shape index (κ2) is 10.2. The largest absolute Gasteiger partial charge is 0.497 e. The van der Waals surface area contributed by atoms with Gasteiger partial charge in [-0.3, -0.25) is 9.59 Å². The van der Waals surface area contributed by atoms with E-state index in [9.17, 15) is 18.0 Å². The number of aromatic nitrogens is 2. The first-order valence-electron chi connectivity index (χ1n) is 9.46. The predicted octanol–water partition coefficient (Wildman–Crippen LogP) is 3.77. The lowest BCUT2D eigenvalue weighted by Gasteiger charge is -2.14. The number of ether oxygens (including phenoxy) is 1. The number of hydrogen-bond donors (Lipinski definition) is 2. The molecule has 0 unspecified atom stereocenters. The van der Waals surface area contributed by atoms with Crippen molar-refractivity contribution in [2.45, 2.75) is 33.5 Å². The van der Waals surface area contributed by atoms with Crippen LogP contribution in [-0.4, -0.2) is 36.7 Å². The lowest BCUT2D eigenvalue weighted by Crippen LogP contribution is -2.26. The average molecular weight is 494 g/mol. The van der Waals surface area contributed by atoms with Crippen LogP contribution in [0.4, 0.5) is 5.69 Å². The number of carbonyl (C=O) groups excluding carboxylic acids is 1. The van der Waals surface area contributed by atoms with Gasteiger partial charge in [-0.15, -0.1) is 0 Å². The normalized spacial score (nSPS) is 12.2. The van der Waals surface area contributed by atoms with Crippen LogP contribution in [0.5, 0.6) is 5.75 Å². The maximum atomic E-state index is 12.7. The van der Waals surface area contributed by atoms with Crippen molar-refractivity contribution in [3.63, 3.8) is 0 Å². The van der Waals surface area contributed by atoms with Crippen molar-refractivity contribution in [3.05, 3.63) is 70.1 Å². The Labute approximate surface area is 194 Å². The van der Waals surface area contributed by atoms with Crippen molar-refractivity contribution in [3.8, 4) is 5.75 Å². The van der Waals surface area contributed by atoms with E-state index in [0.717, 1.165) is 18.0 Å². The summed E-state index contributed by atoms with van der Waals surface area (Å²) in [5.41, 5.74) is -0.219. The van der Waals surface area contributed by atoms with E-state index in [1.54, 1.807) is 31.4 Å². The van der Waals surface area contributed by atoms with Crippen LogP contribution in [0.15, 0.2) is 74.5 Å². The summed E-state index contributed by atoms with van der Waals surface area (Å²) in [4.78, 5) is 31.1. The van der Waals surface area contributed by atoms with Gasteiger partial charge in [-0.2, -0.15) is 0 Å². The van der Waals surface area contributed by atoms with Crippen LogP contribution in [0, 0.1) is 0 Å². The molecule has 0 fully saturated rings. The van der Waals surface area contributed by atoms with Crippen molar-refractivity contribution in [2.75, 3.05) is 12.4 Å². The van der Waals surface area contributed by atoms with Crippen LogP contribution in [0.1, 0.15) is 13.3 Å². The fourth-order valence-electron chi connectivity index (χ4n) is 2.71. The van der Waals surface area contributed by atoms with Gasteiger partial charge in [0.1, 0.15) is 5.75 Å². The highest BCUT2D eigenvalue weighted by Crippen LogP contribution is 2.25. The summed E-state index contributed by atoms with van der Waals surface area (Å²) in [5.74, 6) is 0.392. The fraction of sp³-hybridized carbons (Fsp3) is 0.190. The minimum atomic E-state index is -4.06. The number of methoxy groups -OCH3 is 1. The molecule has 0 aliphatic rings. The Kier molecular flexibility index (Phi) is 7.60. The number of H-pyrrole nitrogens is 1. The lowest BCUT2D eigenvalue weighted by molar-refractivity contribution is -0.115. The summed E-state index contributed by atoms with van der Waals surface area (Å²) in [6, 6.07) is 12.4. The number of nitrogens with zero attached hydrogens (tertiary/aromatic N) is 1. The Morgan fingerprint density at radius 1 is 1.19 bits per heavy atom. The van der Waals surface area contributed by atoms with Crippen LogP contribution < -0.4 is 15.6 Å². The summed E-state index contributed by atoms with van der Waals surface area (Å²) in [6.07, 6.45) is 1.46. The predicted molar refractivity (Wildman–Crippen MR) is 123 cm³/mol. The Morgan fingerprint density at radius 2 is 1.84 bits per heavy atom. The SMILES string of the molecule is CC[C@H](Sc1ncc(S(=O)(=O)c2ccc(Cl)cc2)c(=O)[nH]1)C(=O)Nc1ccc(OC)cc1. The molecule has 3 aromatic rings. The maximum absolute atomic E-state index is 12.7. The first-order chi connectivity index (χ1) is 15.2. The van der Waals surface area contributed by atoms with E-state index in [4.69, 9.17) is 16.3 Å². The number of rotatable bonds is 8. The molecule has 0 bridgehead atoms. The number of anilines is 1. The molecule has 3 rings (SSSR count). The van der Waals surface area contributed by atoms with Crippen molar-refractivity contribution in [2.24, 2.45) is 0 Å². The molecule has 1 atom stereocenters. The monoisotopic (exact) mass is 493 g/mol. The topological polar surface area (TPSA) is 118 Å². The highest BCUT2D eigenvalue weighted by molar-refractivity contribution is 8.00. The molecule has 0 radical (unpaired) electrons. The zero-order valence-electron chi connectivity index (χ0n) is 17.2. The van der Waals surface area contributed by atoms with Crippen LogP contribution in [0.2, 0.25) is 5.02 Å². The van der Waals surface area contributed by atoms with Gasteiger partial charge in [-0.1, -0.05) is 30.3 Å². The van der Waals surface area contributed by atoms with Gasteiger partial charge in [-0.05, 0) is 55.0 Å². The fourth-order valence-corrected chi connectivity index (χ4v) is 4.94. The molecule has 11 heteroatoms. The van der Waals surface area contributed by atoms with Crippen LogP contribution >= 0.6 is 23.4 Å². The standard InChI is InChI=1S/C21H20ClN3O5S2/c1-3-17(19(26)24-14-6-8-15(30-2)9-7-14)31-21-23-12-18(20(27)25-21)32(28,29)16-10-4-13(22)5-11-16/h4-12,17H,3H2,1-2H3,(H,24,26)(H,23,25,27)/t17-/m0/s1. The van der Waals surface area contributed by atoms with Gasteiger partial charge in [0.25, 0.3) is 5.56 Å². The smallest absolute Gasteiger partial charge is 0.270 e. The molecule has 8 nitrogen and oxygen atoms in total. The van der Waals surface area contributed by atoms with Crippen LogP contribution in [0.3, 0.4) is 0 Å². The molecule has 1 amide bonds. The van der Waals surface area contributed by atoms with Gasteiger partial charge >= 0.3 is 0 Å². The van der Waals surface area contributed by atoms with E-state index in [2.05, 4.69) is 15.3 Å². The van der Waals surface area contributed by atoms with Crippen molar-refractivity contribution in [1.82, 2.24) is 9.97 Å². The average Bonchev–Trinajstić information content (AvgIpc) is 2.78. The summed E-state index contributed by atoms with van der Waals surface area (Å²) in [7, 11) is -2.51. The number of carbonyl (C=O) groups is 1. The molecule has 0 saturated carbocycles. The van der Waals surface area contributed by atoms with Crippen LogP contribution in [0.25, 0.3) is 0 Å². The Balaban J connectivity index is 1.76. The molecule has 32 heavy (non-hydrogen) atoms. The first kappa shape index (κ1) is 23.8. The van der Waals surface area contributed by atoms with Gasteiger partial charge in [0.2, 0.25) is 15.7 Å². The molecule has 2 N–H and O–H groups in total. The van der Waals surface area contributed by atoms with E-state index in [-0.39, 0.29) is 16.0 Å². The van der Waals surface area contributed by atoms with Crippen molar-refractivity contribution in [1.29, 1.82) is 0 Å². The van der Waals surface area contributed by atoms with Crippen molar-refractivity contribution < 1.29 is 17.9 Å². The summed E-state index contributed by atoms with van der Waals surface area (Å²) < 4.78 is 30.6. The number of hydrogen-bond acceptors (Lipinski definition) is 7. The third-order valence-electron chi connectivity index (χ3n) is 4.43. The highest BCUT2D eigenvalue weighted by Gasteiger charge is 2.24. The molecule has 1 heterocycles. The number of aromatic amines is 1. The Bertz CT molecular complexity index is 1260. The third kappa shape index (κ3) is 5.50. The molecule has 0 aliphatic heterocycles. The number of thioether (sulfide) groups is 1. The molecule has 1 aromatic heterocycles. The van der Waals surface area contributed by atoms with Gasteiger partial charge in [0.05, 0.1) is 23.5 Å². The second-order valence-corrected chi connectivity index (χ2v) is 10.1. The van der Waals surface area contributed by atoms with Gasteiger partial charge in [-0.25, -0.2) is 13.4 Å². The molecule has 0 saturated heterocycles. The molecule has 0 aliphatic carbocycles. The summed E-state index contributed by atoms with van der Waals surface area (Å²) in [5, 5.41) is 2.76. The minimum Gasteiger partial charge on any atom is -0.497 e. The van der Waals surface area contributed by atoms with Gasteiger partial charge < -0.3 is 15.0 Å². The van der Waals surface area contributed by atoms with Gasteiger partial charge in [0.15, 0.2) is 10.1 Å². The molecular weight excluding hydrogens is 474 g/mol. The summed E-state index contributed by atoms with van der Waals surface area (Å²) in [6.45, 7) is 1.82. The number of amides is 1. The summed E-state index contributed by atoms with van der Waals surface area (Å²) >= 11 is 6.84. The Hall–Kier alpha value is -2.82. The number of sulfone groups is 1. The second-order valence-electron chi connectivity index (χ2n) is 6.57. The maximum Gasteiger partial charge on any atom is 0.270 e. The zero-order valence-corrected chi connectivity index (χ0v) is 19.6. The van der Waals surface area contributed by atoms with E-state index >= 15 is 0 Å². The van der Waals surface area contributed by atoms with Crippen molar-refractivity contribution >= 4 is 44.8 Å². The Morgan fingerprint density at radius 3 is 2.41 bits per heavy atom. The first-order valence-corrected chi connectivity index (χ1v) is 12.2. The quantitative estimate of drug-likeness (QED) is 0.362.